The molecule has 0 bridgehead atoms. The fraction of sp³-hybridized carbons (Fsp3) is 0.107. The van der Waals surface area contributed by atoms with Gasteiger partial charge in [-0.15, -0.1) is 0 Å². The van der Waals surface area contributed by atoms with E-state index >= 15 is 0 Å². The first-order valence-electron chi connectivity index (χ1n) is 11.3. The number of hydrogen-bond acceptors (Lipinski definition) is 4. The lowest BCUT2D eigenvalue weighted by Gasteiger charge is -2.08. The SMILES string of the molecule is COc1ccc(-c2nn(-c3ccccc3)cc2C(=O)NCc2ccc(Cn3ccnc3)cc2)cc1. The van der Waals surface area contributed by atoms with Gasteiger partial charge in [0.2, 0.25) is 0 Å². The summed E-state index contributed by atoms with van der Waals surface area (Å²) in [7, 11) is 1.63. The first-order chi connectivity index (χ1) is 17.2. The Morgan fingerprint density at radius 3 is 2.37 bits per heavy atom. The van der Waals surface area contributed by atoms with Crippen molar-refractivity contribution >= 4 is 5.91 Å². The number of nitrogens with zero attached hydrogens (tertiary/aromatic N) is 4. The maximum atomic E-state index is 13.3. The van der Waals surface area contributed by atoms with Crippen molar-refractivity contribution in [3.05, 3.63) is 120 Å². The minimum Gasteiger partial charge on any atom is -0.497 e. The van der Waals surface area contributed by atoms with Crippen LogP contribution in [0.5, 0.6) is 5.75 Å². The van der Waals surface area contributed by atoms with Crippen LogP contribution in [0, 0.1) is 0 Å². The van der Waals surface area contributed by atoms with E-state index in [0.717, 1.165) is 29.1 Å². The molecule has 0 aliphatic carbocycles. The monoisotopic (exact) mass is 463 g/mol. The van der Waals surface area contributed by atoms with E-state index in [2.05, 4.69) is 22.4 Å². The third-order valence-electron chi connectivity index (χ3n) is 5.74. The molecular formula is C28H25N5O2. The summed E-state index contributed by atoms with van der Waals surface area (Å²) in [6.45, 7) is 1.18. The van der Waals surface area contributed by atoms with Crippen LogP contribution in [-0.4, -0.2) is 32.3 Å². The summed E-state index contributed by atoms with van der Waals surface area (Å²) in [4.78, 5) is 17.3. The molecule has 5 rings (SSSR count). The zero-order valence-electron chi connectivity index (χ0n) is 19.3. The highest BCUT2D eigenvalue weighted by Crippen LogP contribution is 2.26. The van der Waals surface area contributed by atoms with E-state index in [9.17, 15) is 4.79 Å². The van der Waals surface area contributed by atoms with Crippen LogP contribution >= 0.6 is 0 Å². The van der Waals surface area contributed by atoms with Crippen molar-refractivity contribution in [1.82, 2.24) is 24.6 Å². The van der Waals surface area contributed by atoms with Crippen LogP contribution in [0.25, 0.3) is 16.9 Å². The molecule has 7 nitrogen and oxygen atoms in total. The predicted octanol–water partition coefficient (Wildman–Crippen LogP) is 4.72. The van der Waals surface area contributed by atoms with Gasteiger partial charge in [0.1, 0.15) is 11.4 Å². The largest absolute Gasteiger partial charge is 0.497 e. The van der Waals surface area contributed by atoms with Crippen LogP contribution < -0.4 is 10.1 Å². The Kier molecular flexibility index (Phi) is 6.39. The minimum atomic E-state index is -0.180. The number of amides is 1. The first kappa shape index (κ1) is 22.2. The lowest BCUT2D eigenvalue weighted by Crippen LogP contribution is -2.23. The average Bonchev–Trinajstić information content (AvgIpc) is 3.59. The van der Waals surface area contributed by atoms with E-state index in [1.54, 1.807) is 30.5 Å². The lowest BCUT2D eigenvalue weighted by molar-refractivity contribution is 0.0951. The Bertz CT molecular complexity index is 1390. The number of para-hydroxylation sites is 1. The Hall–Kier alpha value is -4.65. The van der Waals surface area contributed by atoms with E-state index < -0.39 is 0 Å². The van der Waals surface area contributed by atoms with E-state index in [-0.39, 0.29) is 5.91 Å². The second kappa shape index (κ2) is 10.1. The van der Waals surface area contributed by atoms with Crippen LogP contribution in [0.1, 0.15) is 21.5 Å². The van der Waals surface area contributed by atoms with Gasteiger partial charge < -0.3 is 14.6 Å². The minimum absolute atomic E-state index is 0.180. The Morgan fingerprint density at radius 2 is 1.69 bits per heavy atom. The lowest BCUT2D eigenvalue weighted by atomic mass is 10.1. The summed E-state index contributed by atoms with van der Waals surface area (Å²) in [5, 5.41) is 7.78. The van der Waals surface area contributed by atoms with Gasteiger partial charge in [-0.3, -0.25) is 4.79 Å². The van der Waals surface area contributed by atoms with E-state index in [4.69, 9.17) is 9.84 Å². The number of nitrogens with one attached hydrogen (secondary N) is 1. The Morgan fingerprint density at radius 1 is 0.943 bits per heavy atom. The number of rotatable bonds is 8. The van der Waals surface area contributed by atoms with Crippen LogP contribution in [0.15, 0.2) is 104 Å². The first-order valence-corrected chi connectivity index (χ1v) is 11.3. The molecule has 2 heterocycles. The molecule has 0 saturated heterocycles. The van der Waals surface area contributed by atoms with Gasteiger partial charge in [0.25, 0.3) is 5.91 Å². The third kappa shape index (κ3) is 5.14. The zero-order chi connectivity index (χ0) is 24.0. The van der Waals surface area contributed by atoms with Gasteiger partial charge >= 0.3 is 0 Å². The van der Waals surface area contributed by atoms with Crippen molar-refractivity contribution < 1.29 is 9.53 Å². The van der Waals surface area contributed by atoms with Gasteiger partial charge in [0.05, 0.1) is 24.7 Å². The van der Waals surface area contributed by atoms with Crippen molar-refractivity contribution in [1.29, 1.82) is 0 Å². The number of benzene rings is 3. The normalized spacial score (nSPS) is 10.8. The highest BCUT2D eigenvalue weighted by Gasteiger charge is 2.19. The average molecular weight is 464 g/mol. The van der Waals surface area contributed by atoms with E-state index in [0.29, 0.717) is 17.8 Å². The summed E-state index contributed by atoms with van der Waals surface area (Å²) in [5.74, 6) is 0.569. The second-order valence-corrected chi connectivity index (χ2v) is 8.13. The quantitative estimate of drug-likeness (QED) is 0.361. The van der Waals surface area contributed by atoms with Crippen LogP contribution in [0.2, 0.25) is 0 Å². The number of aromatic nitrogens is 4. The highest BCUT2D eigenvalue weighted by atomic mass is 16.5. The van der Waals surface area contributed by atoms with Gasteiger partial charge in [-0.2, -0.15) is 5.10 Å². The molecule has 174 valence electrons. The summed E-state index contributed by atoms with van der Waals surface area (Å²) < 4.78 is 9.02. The predicted molar refractivity (Wildman–Crippen MR) is 134 cm³/mol. The molecular weight excluding hydrogens is 438 g/mol. The maximum Gasteiger partial charge on any atom is 0.255 e. The fourth-order valence-electron chi connectivity index (χ4n) is 3.85. The van der Waals surface area contributed by atoms with Crippen LogP contribution in [0.4, 0.5) is 0 Å². The third-order valence-corrected chi connectivity index (χ3v) is 5.74. The number of imidazole rings is 1. The molecule has 1 N–H and O–H groups in total. The number of ether oxygens (including phenoxy) is 1. The smallest absolute Gasteiger partial charge is 0.255 e. The maximum absolute atomic E-state index is 13.3. The molecule has 2 aromatic heterocycles. The standard InChI is InChI=1S/C28H25N5O2/c1-35-25-13-11-23(12-14-25)27-26(19-33(31-27)24-5-3-2-4-6-24)28(34)30-17-21-7-9-22(10-8-21)18-32-16-15-29-20-32/h2-16,19-20H,17-18H2,1H3,(H,30,34). The molecule has 0 radical (unpaired) electrons. The van der Waals surface area contributed by atoms with Crippen molar-refractivity contribution in [2.24, 2.45) is 0 Å². The van der Waals surface area contributed by atoms with Crippen molar-refractivity contribution in [2.45, 2.75) is 13.1 Å². The summed E-state index contributed by atoms with van der Waals surface area (Å²) in [5.41, 5.74) is 5.04. The topological polar surface area (TPSA) is 74.0 Å². The molecule has 0 atom stereocenters. The molecule has 1 amide bonds. The van der Waals surface area contributed by atoms with Gasteiger partial charge in [0.15, 0.2) is 0 Å². The van der Waals surface area contributed by atoms with Gasteiger partial charge in [-0.1, -0.05) is 42.5 Å². The molecule has 0 aliphatic heterocycles. The zero-order valence-corrected chi connectivity index (χ0v) is 19.3. The summed E-state index contributed by atoms with van der Waals surface area (Å²) in [6, 6.07) is 25.5. The van der Waals surface area contributed by atoms with Gasteiger partial charge in [0, 0.05) is 37.2 Å². The molecule has 35 heavy (non-hydrogen) atoms. The van der Waals surface area contributed by atoms with E-state index in [1.165, 1.54) is 5.56 Å². The molecule has 5 aromatic rings. The van der Waals surface area contributed by atoms with Crippen LogP contribution in [-0.2, 0) is 13.1 Å². The molecule has 0 aliphatic rings. The van der Waals surface area contributed by atoms with Gasteiger partial charge in [-0.05, 0) is 47.5 Å². The number of methoxy groups -OCH3 is 1. The van der Waals surface area contributed by atoms with Crippen molar-refractivity contribution in [2.75, 3.05) is 7.11 Å². The molecule has 0 unspecified atom stereocenters. The number of carbonyl (C=O) groups is 1. The second-order valence-electron chi connectivity index (χ2n) is 8.13. The van der Waals surface area contributed by atoms with E-state index in [1.807, 2.05) is 77.5 Å². The molecule has 3 aromatic carbocycles. The van der Waals surface area contributed by atoms with Crippen molar-refractivity contribution in [3.63, 3.8) is 0 Å². The Labute approximate surface area is 203 Å². The van der Waals surface area contributed by atoms with Crippen molar-refractivity contribution in [3.8, 4) is 22.7 Å². The molecule has 0 saturated carbocycles. The summed E-state index contributed by atoms with van der Waals surface area (Å²) >= 11 is 0. The molecule has 0 spiro atoms. The van der Waals surface area contributed by atoms with Crippen LogP contribution in [0.3, 0.4) is 0 Å². The Balaban J connectivity index is 1.35. The highest BCUT2D eigenvalue weighted by molar-refractivity contribution is 5.99. The molecule has 7 heteroatoms. The summed E-state index contributed by atoms with van der Waals surface area (Å²) in [6.07, 6.45) is 7.27. The molecule has 0 fully saturated rings. The fourth-order valence-corrected chi connectivity index (χ4v) is 3.85. The number of hydrogen-bond donors (Lipinski definition) is 1. The van der Waals surface area contributed by atoms with Gasteiger partial charge in [-0.25, -0.2) is 9.67 Å². The number of carbonyl (C=O) groups excluding carboxylic acids is 1.